The lowest BCUT2D eigenvalue weighted by atomic mass is 9.97. The fourth-order valence-corrected chi connectivity index (χ4v) is 2.95. The Balaban J connectivity index is 1.62. The van der Waals surface area contributed by atoms with Crippen molar-refractivity contribution in [3.8, 4) is 0 Å². The third-order valence-electron chi connectivity index (χ3n) is 4.26. The first-order valence-electron chi connectivity index (χ1n) is 8.02. The van der Waals surface area contributed by atoms with Crippen LogP contribution in [0.3, 0.4) is 0 Å². The molecule has 3 rings (SSSR count). The van der Waals surface area contributed by atoms with Crippen LogP contribution in [0.4, 0.5) is 5.69 Å². The summed E-state index contributed by atoms with van der Waals surface area (Å²) in [5.41, 5.74) is 1.66. The van der Waals surface area contributed by atoms with Gasteiger partial charge in [0.1, 0.15) is 5.82 Å². The first kappa shape index (κ1) is 16.2. The van der Waals surface area contributed by atoms with Crippen molar-refractivity contribution in [2.24, 2.45) is 7.05 Å². The molecule has 7 heteroatoms. The molecule has 126 valence electrons. The molecular formula is C17H21N5O2. The SMILES string of the molecule is CC(C)c1nnc(CNC(=O)CC2C(=O)Nc3ccccc32)n1C. The highest BCUT2D eigenvalue weighted by molar-refractivity contribution is 6.04. The fraction of sp³-hybridized carbons (Fsp3) is 0.412. The van der Waals surface area contributed by atoms with E-state index in [2.05, 4.69) is 20.8 Å². The number of nitrogens with one attached hydrogen (secondary N) is 2. The molecule has 1 atom stereocenters. The second-order valence-corrected chi connectivity index (χ2v) is 6.30. The maximum Gasteiger partial charge on any atom is 0.232 e. The van der Waals surface area contributed by atoms with Gasteiger partial charge in [-0.2, -0.15) is 0 Å². The molecule has 1 aliphatic rings. The number of nitrogens with zero attached hydrogens (tertiary/aromatic N) is 3. The quantitative estimate of drug-likeness (QED) is 0.874. The maximum absolute atomic E-state index is 12.2. The lowest BCUT2D eigenvalue weighted by Gasteiger charge is -2.10. The number of hydrogen-bond donors (Lipinski definition) is 2. The zero-order valence-corrected chi connectivity index (χ0v) is 14.0. The molecule has 0 saturated heterocycles. The topological polar surface area (TPSA) is 88.9 Å². The lowest BCUT2D eigenvalue weighted by molar-refractivity contribution is -0.125. The monoisotopic (exact) mass is 327 g/mol. The molecule has 1 aromatic carbocycles. The average molecular weight is 327 g/mol. The molecule has 2 amide bonds. The van der Waals surface area contributed by atoms with E-state index in [9.17, 15) is 9.59 Å². The van der Waals surface area contributed by atoms with E-state index in [1.807, 2.05) is 49.7 Å². The number of para-hydroxylation sites is 1. The Hall–Kier alpha value is -2.70. The minimum Gasteiger partial charge on any atom is -0.349 e. The standard InChI is InChI=1S/C17H21N5O2/c1-10(2)16-21-20-14(22(16)3)9-18-15(23)8-12-11-6-4-5-7-13(11)19-17(12)24/h4-7,10,12H,8-9H2,1-3H3,(H,18,23)(H,19,24). The molecule has 1 aromatic heterocycles. The van der Waals surface area contributed by atoms with Crippen molar-refractivity contribution in [1.29, 1.82) is 0 Å². The van der Waals surface area contributed by atoms with Crippen LogP contribution in [-0.2, 0) is 23.2 Å². The second kappa shape index (κ2) is 6.43. The highest BCUT2D eigenvalue weighted by Gasteiger charge is 2.31. The van der Waals surface area contributed by atoms with E-state index < -0.39 is 5.92 Å². The molecule has 0 aliphatic carbocycles. The number of fused-ring (bicyclic) bond motifs is 1. The number of carbonyl (C=O) groups is 2. The van der Waals surface area contributed by atoms with Gasteiger partial charge in [0.25, 0.3) is 0 Å². The van der Waals surface area contributed by atoms with Crippen LogP contribution in [-0.4, -0.2) is 26.6 Å². The number of rotatable bonds is 5. The Kier molecular flexibility index (Phi) is 4.33. The summed E-state index contributed by atoms with van der Waals surface area (Å²) in [4.78, 5) is 24.3. The van der Waals surface area contributed by atoms with Crippen molar-refractivity contribution in [2.75, 3.05) is 5.32 Å². The molecule has 0 spiro atoms. The summed E-state index contributed by atoms with van der Waals surface area (Å²) in [6.45, 7) is 4.39. The van der Waals surface area contributed by atoms with Crippen LogP contribution in [0.1, 0.15) is 49.3 Å². The minimum absolute atomic E-state index is 0.123. The first-order valence-corrected chi connectivity index (χ1v) is 8.02. The Bertz CT molecular complexity index is 781. The van der Waals surface area contributed by atoms with Crippen molar-refractivity contribution < 1.29 is 9.59 Å². The zero-order valence-electron chi connectivity index (χ0n) is 14.0. The van der Waals surface area contributed by atoms with E-state index in [1.54, 1.807) is 0 Å². The number of amides is 2. The number of anilines is 1. The number of aromatic nitrogens is 3. The summed E-state index contributed by atoms with van der Waals surface area (Å²) in [5, 5.41) is 13.9. The molecule has 1 aliphatic heterocycles. The van der Waals surface area contributed by atoms with E-state index in [0.29, 0.717) is 12.4 Å². The van der Waals surface area contributed by atoms with Gasteiger partial charge >= 0.3 is 0 Å². The number of hydrogen-bond acceptors (Lipinski definition) is 4. The van der Waals surface area contributed by atoms with Crippen LogP contribution in [0.15, 0.2) is 24.3 Å². The predicted octanol–water partition coefficient (Wildman–Crippen LogP) is 1.68. The first-order chi connectivity index (χ1) is 11.5. The van der Waals surface area contributed by atoms with Crippen LogP contribution < -0.4 is 10.6 Å². The molecule has 2 heterocycles. The minimum atomic E-state index is -0.438. The van der Waals surface area contributed by atoms with E-state index >= 15 is 0 Å². The zero-order chi connectivity index (χ0) is 17.3. The molecule has 2 aromatic rings. The van der Waals surface area contributed by atoms with Crippen molar-refractivity contribution >= 4 is 17.5 Å². The molecule has 24 heavy (non-hydrogen) atoms. The van der Waals surface area contributed by atoms with Gasteiger partial charge in [0.2, 0.25) is 11.8 Å². The molecule has 0 radical (unpaired) electrons. The summed E-state index contributed by atoms with van der Waals surface area (Å²) in [6, 6.07) is 7.46. The highest BCUT2D eigenvalue weighted by atomic mass is 16.2. The highest BCUT2D eigenvalue weighted by Crippen LogP contribution is 2.34. The fourth-order valence-electron chi connectivity index (χ4n) is 2.95. The summed E-state index contributed by atoms with van der Waals surface area (Å²) < 4.78 is 1.89. The lowest BCUT2D eigenvalue weighted by Crippen LogP contribution is -2.27. The summed E-state index contributed by atoms with van der Waals surface area (Å²) >= 11 is 0. The number of carbonyl (C=O) groups excluding carboxylic acids is 2. The Labute approximate surface area is 140 Å². The van der Waals surface area contributed by atoms with E-state index in [0.717, 1.165) is 17.1 Å². The van der Waals surface area contributed by atoms with Gasteiger partial charge in [0, 0.05) is 25.1 Å². The molecule has 0 saturated carbocycles. The van der Waals surface area contributed by atoms with Gasteiger partial charge in [-0.05, 0) is 11.6 Å². The van der Waals surface area contributed by atoms with Crippen LogP contribution >= 0.6 is 0 Å². The summed E-state index contributed by atoms with van der Waals surface area (Å²) in [7, 11) is 1.89. The van der Waals surface area contributed by atoms with Gasteiger partial charge in [-0.25, -0.2) is 0 Å². The van der Waals surface area contributed by atoms with Gasteiger partial charge in [0.05, 0.1) is 12.5 Å². The van der Waals surface area contributed by atoms with Gasteiger partial charge in [0.15, 0.2) is 5.82 Å². The van der Waals surface area contributed by atoms with Gasteiger partial charge in [-0.3, -0.25) is 9.59 Å². The predicted molar refractivity (Wildman–Crippen MR) is 89.4 cm³/mol. The Morgan fingerprint density at radius 2 is 2.08 bits per heavy atom. The van der Waals surface area contributed by atoms with Crippen molar-refractivity contribution in [1.82, 2.24) is 20.1 Å². The van der Waals surface area contributed by atoms with Crippen LogP contribution in [0.5, 0.6) is 0 Å². The molecule has 7 nitrogen and oxygen atoms in total. The maximum atomic E-state index is 12.2. The van der Waals surface area contributed by atoms with Crippen molar-refractivity contribution in [3.63, 3.8) is 0 Å². The van der Waals surface area contributed by atoms with Crippen LogP contribution in [0.25, 0.3) is 0 Å². The van der Waals surface area contributed by atoms with Crippen LogP contribution in [0, 0.1) is 0 Å². The summed E-state index contributed by atoms with van der Waals surface area (Å²) in [5.74, 6) is 1.09. The molecule has 0 bridgehead atoms. The molecule has 2 N–H and O–H groups in total. The smallest absolute Gasteiger partial charge is 0.232 e. The van der Waals surface area contributed by atoms with Crippen molar-refractivity contribution in [2.45, 2.75) is 38.6 Å². The molecular weight excluding hydrogens is 306 g/mol. The number of benzene rings is 1. The Morgan fingerprint density at radius 1 is 1.33 bits per heavy atom. The third-order valence-corrected chi connectivity index (χ3v) is 4.26. The molecule has 0 fully saturated rings. The van der Waals surface area contributed by atoms with Gasteiger partial charge in [-0.15, -0.1) is 10.2 Å². The molecule has 1 unspecified atom stereocenters. The largest absolute Gasteiger partial charge is 0.349 e. The summed E-state index contributed by atoms with van der Waals surface area (Å²) in [6.07, 6.45) is 0.123. The average Bonchev–Trinajstić information content (AvgIpc) is 3.06. The van der Waals surface area contributed by atoms with Crippen molar-refractivity contribution in [3.05, 3.63) is 41.5 Å². The normalized spacial score (nSPS) is 16.2. The third kappa shape index (κ3) is 3.02. The van der Waals surface area contributed by atoms with E-state index in [-0.39, 0.29) is 24.2 Å². The van der Waals surface area contributed by atoms with Gasteiger partial charge < -0.3 is 15.2 Å². The Morgan fingerprint density at radius 3 is 2.79 bits per heavy atom. The van der Waals surface area contributed by atoms with E-state index in [1.165, 1.54) is 0 Å². The second-order valence-electron chi connectivity index (χ2n) is 6.30. The van der Waals surface area contributed by atoms with E-state index in [4.69, 9.17) is 0 Å². The van der Waals surface area contributed by atoms with Crippen LogP contribution in [0.2, 0.25) is 0 Å². The van der Waals surface area contributed by atoms with Gasteiger partial charge in [-0.1, -0.05) is 32.0 Å².